The van der Waals surface area contributed by atoms with Crippen LogP contribution in [0.5, 0.6) is 0 Å². The van der Waals surface area contributed by atoms with E-state index in [4.69, 9.17) is 5.11 Å². The fraction of sp³-hybridized carbons (Fsp3) is 0.571. The Kier molecular flexibility index (Phi) is 4.97. The number of hydrogen-bond donors (Lipinski definition) is 1. The van der Waals surface area contributed by atoms with Crippen molar-refractivity contribution >= 4 is 0 Å². The number of likely N-dealkylation sites (N-methyl/N-ethyl adjacent to an activating group) is 1. The van der Waals surface area contributed by atoms with E-state index in [0.29, 0.717) is 5.92 Å². The number of aliphatic hydroxyl groups excluding tert-OH is 1. The van der Waals surface area contributed by atoms with Crippen LogP contribution in [0.1, 0.15) is 37.8 Å². The van der Waals surface area contributed by atoms with Gasteiger partial charge in [0.2, 0.25) is 0 Å². The molecule has 0 bridgehead atoms. The predicted molar refractivity (Wildman–Crippen MR) is 68.5 cm³/mol. The van der Waals surface area contributed by atoms with Gasteiger partial charge >= 0.3 is 0 Å². The second kappa shape index (κ2) is 6.02. The maximum Gasteiger partial charge on any atom is 0.0584 e. The normalized spacial score (nSPS) is 13.4. The van der Waals surface area contributed by atoms with Gasteiger partial charge in [-0.3, -0.25) is 4.90 Å². The molecule has 1 aromatic carbocycles. The minimum absolute atomic E-state index is 0.209. The Morgan fingerprint density at radius 3 is 2.12 bits per heavy atom. The van der Waals surface area contributed by atoms with E-state index < -0.39 is 0 Å². The highest BCUT2D eigenvalue weighted by Gasteiger charge is 2.08. The first kappa shape index (κ1) is 13.2. The van der Waals surface area contributed by atoms with Crippen LogP contribution in [0.4, 0.5) is 0 Å². The third-order valence-electron chi connectivity index (χ3n) is 3.10. The summed E-state index contributed by atoms with van der Waals surface area (Å²) in [7, 11) is 2.04. The molecule has 2 nitrogen and oxygen atoms in total. The molecule has 0 saturated heterocycles. The highest BCUT2D eigenvalue weighted by molar-refractivity contribution is 5.24. The zero-order valence-electron chi connectivity index (χ0n) is 10.8. The molecular weight excluding hydrogens is 198 g/mol. The zero-order chi connectivity index (χ0) is 12.1. The minimum atomic E-state index is 0.209. The largest absolute Gasteiger partial charge is 0.395 e. The second-order valence-corrected chi connectivity index (χ2v) is 4.84. The molecule has 1 rings (SSSR count). The van der Waals surface area contributed by atoms with Gasteiger partial charge in [0.25, 0.3) is 0 Å². The van der Waals surface area contributed by atoms with Crippen LogP contribution >= 0.6 is 0 Å². The summed E-state index contributed by atoms with van der Waals surface area (Å²) in [6.07, 6.45) is 0. The standard InChI is InChI=1S/C14H23NO/c1-11(2)14-7-5-13(6-8-14)9-15(4)12(3)10-16/h5-8,11-12,16H,9-10H2,1-4H3. The van der Waals surface area contributed by atoms with Gasteiger partial charge in [0, 0.05) is 12.6 Å². The Hall–Kier alpha value is -0.860. The monoisotopic (exact) mass is 221 g/mol. The first-order chi connectivity index (χ1) is 7.54. The van der Waals surface area contributed by atoms with Crippen LogP contribution in [0.3, 0.4) is 0 Å². The molecule has 0 amide bonds. The Bertz CT molecular complexity index is 305. The summed E-state index contributed by atoms with van der Waals surface area (Å²) in [4.78, 5) is 2.16. The fourth-order valence-electron chi connectivity index (χ4n) is 1.59. The molecule has 1 unspecified atom stereocenters. The van der Waals surface area contributed by atoms with Gasteiger partial charge in [0.15, 0.2) is 0 Å². The van der Waals surface area contributed by atoms with Crippen molar-refractivity contribution in [1.29, 1.82) is 0 Å². The lowest BCUT2D eigenvalue weighted by Crippen LogP contribution is -2.31. The van der Waals surface area contributed by atoms with Gasteiger partial charge in [-0.05, 0) is 31.0 Å². The third kappa shape index (κ3) is 3.62. The Morgan fingerprint density at radius 2 is 1.69 bits per heavy atom. The van der Waals surface area contributed by atoms with Gasteiger partial charge in [-0.15, -0.1) is 0 Å². The van der Waals surface area contributed by atoms with Crippen molar-refractivity contribution in [2.45, 2.75) is 39.3 Å². The molecule has 0 aliphatic rings. The van der Waals surface area contributed by atoms with Gasteiger partial charge in [0.1, 0.15) is 0 Å². The van der Waals surface area contributed by atoms with Gasteiger partial charge in [-0.2, -0.15) is 0 Å². The van der Waals surface area contributed by atoms with Crippen molar-refractivity contribution in [2.24, 2.45) is 0 Å². The summed E-state index contributed by atoms with van der Waals surface area (Å²) in [5.74, 6) is 0.586. The van der Waals surface area contributed by atoms with Crippen LogP contribution < -0.4 is 0 Å². The Labute approximate surface area is 98.9 Å². The number of nitrogens with zero attached hydrogens (tertiary/aromatic N) is 1. The zero-order valence-corrected chi connectivity index (χ0v) is 10.8. The molecule has 16 heavy (non-hydrogen) atoms. The number of rotatable bonds is 5. The fourth-order valence-corrected chi connectivity index (χ4v) is 1.59. The van der Waals surface area contributed by atoms with Crippen molar-refractivity contribution in [2.75, 3.05) is 13.7 Å². The van der Waals surface area contributed by atoms with Gasteiger partial charge in [0.05, 0.1) is 6.61 Å². The summed E-state index contributed by atoms with van der Waals surface area (Å²) >= 11 is 0. The maximum atomic E-state index is 9.06. The lowest BCUT2D eigenvalue weighted by Gasteiger charge is -2.22. The summed E-state index contributed by atoms with van der Waals surface area (Å²) in [6, 6.07) is 8.95. The van der Waals surface area contributed by atoms with E-state index in [1.807, 2.05) is 14.0 Å². The minimum Gasteiger partial charge on any atom is -0.395 e. The summed E-state index contributed by atoms with van der Waals surface area (Å²) in [6.45, 7) is 7.53. The maximum absolute atomic E-state index is 9.06. The Morgan fingerprint density at radius 1 is 1.12 bits per heavy atom. The van der Waals surface area contributed by atoms with E-state index in [-0.39, 0.29) is 12.6 Å². The lowest BCUT2D eigenvalue weighted by atomic mass is 10.0. The first-order valence-electron chi connectivity index (χ1n) is 5.94. The van der Waals surface area contributed by atoms with Crippen LogP contribution in [-0.4, -0.2) is 29.7 Å². The molecule has 90 valence electrons. The molecule has 0 radical (unpaired) electrons. The van der Waals surface area contributed by atoms with E-state index >= 15 is 0 Å². The molecule has 1 atom stereocenters. The van der Waals surface area contributed by atoms with Crippen molar-refractivity contribution in [3.63, 3.8) is 0 Å². The predicted octanol–water partition coefficient (Wildman–Crippen LogP) is 2.62. The highest BCUT2D eigenvalue weighted by atomic mass is 16.3. The number of benzene rings is 1. The average Bonchev–Trinajstić information content (AvgIpc) is 2.28. The van der Waals surface area contributed by atoms with Crippen molar-refractivity contribution in [3.05, 3.63) is 35.4 Å². The molecule has 0 aromatic heterocycles. The van der Waals surface area contributed by atoms with Crippen molar-refractivity contribution in [1.82, 2.24) is 4.90 Å². The molecule has 0 saturated carbocycles. The molecule has 0 aliphatic heterocycles. The lowest BCUT2D eigenvalue weighted by molar-refractivity contribution is 0.154. The van der Waals surface area contributed by atoms with Crippen molar-refractivity contribution < 1.29 is 5.11 Å². The van der Waals surface area contributed by atoms with Crippen LogP contribution in [0, 0.1) is 0 Å². The van der Waals surface area contributed by atoms with Gasteiger partial charge in [-0.25, -0.2) is 0 Å². The molecule has 1 N–H and O–H groups in total. The molecule has 0 fully saturated rings. The first-order valence-corrected chi connectivity index (χ1v) is 5.94. The summed E-state index contributed by atoms with van der Waals surface area (Å²) < 4.78 is 0. The Balaban J connectivity index is 2.61. The van der Waals surface area contributed by atoms with Gasteiger partial charge in [-0.1, -0.05) is 38.1 Å². The topological polar surface area (TPSA) is 23.5 Å². The molecule has 1 aromatic rings. The molecule has 0 aliphatic carbocycles. The second-order valence-electron chi connectivity index (χ2n) is 4.84. The number of hydrogen-bond acceptors (Lipinski definition) is 2. The highest BCUT2D eigenvalue weighted by Crippen LogP contribution is 2.15. The molecule has 2 heteroatoms. The summed E-state index contributed by atoms with van der Waals surface area (Å²) in [5.41, 5.74) is 2.67. The van der Waals surface area contributed by atoms with Gasteiger partial charge < -0.3 is 5.11 Å². The molecular formula is C14H23NO. The van der Waals surface area contributed by atoms with E-state index in [1.54, 1.807) is 0 Å². The SMILES string of the molecule is CC(C)c1ccc(CN(C)C(C)CO)cc1. The summed E-state index contributed by atoms with van der Waals surface area (Å²) in [5, 5.41) is 9.06. The van der Waals surface area contributed by atoms with E-state index in [9.17, 15) is 0 Å². The van der Waals surface area contributed by atoms with Crippen LogP contribution in [0.2, 0.25) is 0 Å². The average molecular weight is 221 g/mol. The van der Waals surface area contributed by atoms with Crippen molar-refractivity contribution in [3.8, 4) is 0 Å². The quantitative estimate of drug-likeness (QED) is 0.826. The van der Waals surface area contributed by atoms with Crippen LogP contribution in [-0.2, 0) is 6.54 Å². The molecule has 0 heterocycles. The third-order valence-corrected chi connectivity index (χ3v) is 3.10. The number of aliphatic hydroxyl groups is 1. The smallest absolute Gasteiger partial charge is 0.0584 e. The van der Waals surface area contributed by atoms with E-state index in [1.165, 1.54) is 11.1 Å². The van der Waals surface area contributed by atoms with Crippen LogP contribution in [0.25, 0.3) is 0 Å². The van der Waals surface area contributed by atoms with Crippen LogP contribution in [0.15, 0.2) is 24.3 Å². The molecule has 0 spiro atoms. The van der Waals surface area contributed by atoms with E-state index in [0.717, 1.165) is 6.54 Å². The van der Waals surface area contributed by atoms with E-state index in [2.05, 4.69) is 43.0 Å².